The fourth-order valence-corrected chi connectivity index (χ4v) is 5.13. The van der Waals surface area contributed by atoms with Crippen molar-refractivity contribution in [2.45, 2.75) is 56.4 Å². The largest absolute Gasteiger partial charge is 0.342 e. The van der Waals surface area contributed by atoms with E-state index in [0.29, 0.717) is 5.85 Å². The van der Waals surface area contributed by atoms with Gasteiger partial charge in [-0.1, -0.05) is 8.58 Å². The van der Waals surface area contributed by atoms with Gasteiger partial charge in [-0.05, 0) is 20.8 Å². The van der Waals surface area contributed by atoms with Crippen LogP contribution in [0, 0.1) is 0 Å². The predicted octanol–water partition coefficient (Wildman–Crippen LogP) is 2.01. The number of hydrogen-bond donors (Lipinski definition) is 0. The summed E-state index contributed by atoms with van der Waals surface area (Å²) < 4.78 is 17.6. The van der Waals surface area contributed by atoms with Gasteiger partial charge in [0.2, 0.25) is 0 Å². The van der Waals surface area contributed by atoms with E-state index in [9.17, 15) is 0 Å². The zero-order valence-corrected chi connectivity index (χ0v) is 9.22. The molecule has 0 radical (unpaired) electrons. The van der Waals surface area contributed by atoms with Crippen LogP contribution in [0.15, 0.2) is 0 Å². The summed E-state index contributed by atoms with van der Waals surface area (Å²) in [5, 5.41) is 0.00289. The van der Waals surface area contributed by atoms with Crippen molar-refractivity contribution in [2.24, 2.45) is 0 Å². The highest BCUT2D eigenvalue weighted by atomic mass is 31.1. The Balaban J connectivity index is 2.03. The molecule has 0 aliphatic carbocycles. The number of rotatable bonds is 0. The first-order chi connectivity index (χ1) is 5.91. The van der Waals surface area contributed by atoms with Crippen molar-refractivity contribution in [3.05, 3.63) is 0 Å². The summed E-state index contributed by atoms with van der Waals surface area (Å²) in [5.74, 6) is -0.428. The molecule has 0 aromatic carbocycles. The van der Waals surface area contributed by atoms with E-state index >= 15 is 0 Å². The molecule has 5 unspecified atom stereocenters. The van der Waals surface area contributed by atoms with Crippen molar-refractivity contribution >= 4 is 8.58 Å². The standard InChI is InChI=1S/C9H15O3P/c1-7-4-6-10-8(2,11-7)5-9(3,12-7)13-6/h6,13H,4-5H2,1-3H3. The van der Waals surface area contributed by atoms with Gasteiger partial charge < -0.3 is 14.2 Å². The van der Waals surface area contributed by atoms with E-state index in [-0.39, 0.29) is 5.34 Å². The van der Waals surface area contributed by atoms with Gasteiger partial charge in [-0.25, -0.2) is 0 Å². The Labute approximate surface area is 79.9 Å². The molecule has 0 aromatic rings. The minimum Gasteiger partial charge on any atom is -0.342 e. The van der Waals surface area contributed by atoms with Crippen LogP contribution in [0.25, 0.3) is 0 Å². The molecule has 13 heavy (non-hydrogen) atoms. The average Bonchev–Trinajstić information content (AvgIpc) is 1.71. The maximum atomic E-state index is 5.97. The summed E-state index contributed by atoms with van der Waals surface area (Å²) in [6.45, 7) is 6.24. The van der Waals surface area contributed by atoms with Crippen molar-refractivity contribution in [3.63, 3.8) is 0 Å². The van der Waals surface area contributed by atoms with Crippen molar-refractivity contribution in [3.8, 4) is 0 Å². The summed E-state index contributed by atoms with van der Waals surface area (Å²) >= 11 is 0. The third-order valence-electron chi connectivity index (χ3n) is 2.95. The average molecular weight is 202 g/mol. The van der Waals surface area contributed by atoms with E-state index < -0.39 is 11.6 Å². The van der Waals surface area contributed by atoms with Crippen LogP contribution >= 0.6 is 8.58 Å². The first-order valence-electron chi connectivity index (χ1n) is 4.76. The highest BCUT2D eigenvalue weighted by Crippen LogP contribution is 2.62. The smallest absolute Gasteiger partial charge is 0.172 e. The molecule has 0 saturated carbocycles. The molecule has 0 amide bonds. The van der Waals surface area contributed by atoms with E-state index in [4.69, 9.17) is 14.2 Å². The van der Waals surface area contributed by atoms with Crippen molar-refractivity contribution in [2.75, 3.05) is 0 Å². The molecule has 0 aromatic heterocycles. The molecule has 0 N–H and O–H groups in total. The van der Waals surface area contributed by atoms with Gasteiger partial charge in [-0.3, -0.25) is 0 Å². The lowest BCUT2D eigenvalue weighted by Crippen LogP contribution is -2.66. The molecule has 4 bridgehead atoms. The summed E-state index contributed by atoms with van der Waals surface area (Å²) in [5.41, 5.74) is 0. The molecule has 3 nitrogen and oxygen atoms in total. The molecule has 4 aliphatic heterocycles. The minimum atomic E-state index is -0.393. The third-order valence-corrected chi connectivity index (χ3v) is 4.48. The molecular formula is C9H15O3P. The number of hydrogen-bond acceptors (Lipinski definition) is 3. The Morgan fingerprint density at radius 1 is 1.15 bits per heavy atom. The summed E-state index contributed by atoms with van der Waals surface area (Å²) in [4.78, 5) is 0. The summed E-state index contributed by atoms with van der Waals surface area (Å²) in [7, 11) is 0.760. The van der Waals surface area contributed by atoms with Gasteiger partial charge in [-0.2, -0.15) is 0 Å². The van der Waals surface area contributed by atoms with Crippen LogP contribution in [0.1, 0.15) is 33.6 Å². The molecule has 4 fully saturated rings. The highest BCUT2D eigenvalue weighted by Gasteiger charge is 2.62. The van der Waals surface area contributed by atoms with Crippen LogP contribution in [0.5, 0.6) is 0 Å². The Hall–Kier alpha value is 0.310. The molecule has 4 aliphatic rings. The summed E-state index contributed by atoms with van der Waals surface area (Å²) in [6.07, 6.45) is 1.75. The van der Waals surface area contributed by atoms with Gasteiger partial charge in [0.05, 0.1) is 11.2 Å². The fraction of sp³-hybridized carbons (Fsp3) is 1.00. The van der Waals surface area contributed by atoms with E-state index in [1.807, 2.05) is 13.8 Å². The van der Waals surface area contributed by atoms with Gasteiger partial charge in [0.15, 0.2) is 11.6 Å². The zero-order valence-electron chi connectivity index (χ0n) is 8.22. The molecule has 0 spiro atoms. The van der Waals surface area contributed by atoms with Crippen LogP contribution in [-0.4, -0.2) is 22.8 Å². The third kappa shape index (κ3) is 1.18. The molecule has 5 atom stereocenters. The molecule has 4 saturated heterocycles. The quantitative estimate of drug-likeness (QED) is 0.562. The van der Waals surface area contributed by atoms with Crippen LogP contribution in [0.3, 0.4) is 0 Å². The predicted molar refractivity (Wildman–Crippen MR) is 49.8 cm³/mol. The maximum absolute atomic E-state index is 5.97. The SMILES string of the molecule is CC12CC3(C)OC(C)(CC(O1)P3)O2. The van der Waals surface area contributed by atoms with Gasteiger partial charge in [0.1, 0.15) is 0 Å². The molecule has 4 heterocycles. The highest BCUT2D eigenvalue weighted by molar-refractivity contribution is 7.40. The second-order valence-corrected chi connectivity index (χ2v) is 6.82. The topological polar surface area (TPSA) is 27.7 Å². The van der Waals surface area contributed by atoms with Gasteiger partial charge >= 0.3 is 0 Å². The molecular weight excluding hydrogens is 187 g/mol. The van der Waals surface area contributed by atoms with E-state index in [1.165, 1.54) is 0 Å². The van der Waals surface area contributed by atoms with Crippen LogP contribution in [0.2, 0.25) is 0 Å². The Bertz CT molecular complexity index is 217. The van der Waals surface area contributed by atoms with Gasteiger partial charge in [0, 0.05) is 12.8 Å². The number of ether oxygens (including phenoxy) is 3. The molecule has 4 heteroatoms. The van der Waals surface area contributed by atoms with Crippen molar-refractivity contribution < 1.29 is 14.2 Å². The Kier molecular flexibility index (Phi) is 1.40. The zero-order chi connectivity index (χ0) is 9.32. The van der Waals surface area contributed by atoms with Crippen LogP contribution in [0.4, 0.5) is 0 Å². The first-order valence-corrected chi connectivity index (χ1v) is 5.84. The normalized spacial score (nSPS) is 66.2. The minimum absolute atomic E-state index is 0.00289. The van der Waals surface area contributed by atoms with E-state index in [2.05, 4.69) is 6.92 Å². The lowest BCUT2D eigenvalue weighted by Gasteiger charge is -2.62. The second kappa shape index (κ2) is 2.11. The van der Waals surface area contributed by atoms with Crippen molar-refractivity contribution in [1.29, 1.82) is 0 Å². The first kappa shape index (κ1) is 8.60. The van der Waals surface area contributed by atoms with Gasteiger partial charge in [0.25, 0.3) is 0 Å². The second-order valence-electron chi connectivity index (χ2n) is 4.83. The molecule has 74 valence electrons. The Morgan fingerprint density at radius 3 is 2.46 bits per heavy atom. The lowest BCUT2D eigenvalue weighted by molar-refractivity contribution is -0.452. The Morgan fingerprint density at radius 2 is 1.92 bits per heavy atom. The molecule has 4 rings (SSSR count). The van der Waals surface area contributed by atoms with Crippen molar-refractivity contribution in [1.82, 2.24) is 0 Å². The van der Waals surface area contributed by atoms with Gasteiger partial charge in [-0.15, -0.1) is 0 Å². The maximum Gasteiger partial charge on any atom is 0.172 e. The fourth-order valence-electron chi connectivity index (χ4n) is 2.97. The van der Waals surface area contributed by atoms with E-state index in [0.717, 1.165) is 21.4 Å². The lowest BCUT2D eigenvalue weighted by atomic mass is 10.0. The summed E-state index contributed by atoms with van der Waals surface area (Å²) in [6, 6.07) is 0. The van der Waals surface area contributed by atoms with Crippen LogP contribution < -0.4 is 0 Å². The monoisotopic (exact) mass is 202 g/mol. The van der Waals surface area contributed by atoms with E-state index in [1.54, 1.807) is 0 Å². The van der Waals surface area contributed by atoms with Crippen LogP contribution in [-0.2, 0) is 14.2 Å².